The predicted octanol–water partition coefficient (Wildman–Crippen LogP) is -1.34. The molecular weight excluding hydrogens is 134 g/mol. The third-order valence-corrected chi connectivity index (χ3v) is 2.25. The van der Waals surface area contributed by atoms with Crippen LogP contribution < -0.4 is 5.73 Å². The Morgan fingerprint density at radius 2 is 2.44 bits per heavy atom. The molecule has 0 amide bonds. The van der Waals surface area contributed by atoms with Crippen LogP contribution in [-0.4, -0.2) is 29.9 Å². The summed E-state index contributed by atoms with van der Waals surface area (Å²) < 4.78 is 4.50. The average molecular weight is 147 g/mol. The summed E-state index contributed by atoms with van der Waals surface area (Å²) in [6, 6.07) is 0. The van der Waals surface area contributed by atoms with Crippen molar-refractivity contribution in [2.24, 2.45) is 5.73 Å². The summed E-state index contributed by atoms with van der Waals surface area (Å²) in [4.78, 5) is 10.7. The Hall–Kier alpha value is -0.353. The van der Waals surface area contributed by atoms with Gasteiger partial charge in [0, 0.05) is 15.8 Å². The quantitative estimate of drug-likeness (QED) is 0.397. The minimum Gasteiger partial charge on any atom is -0.469 e. The van der Waals surface area contributed by atoms with Gasteiger partial charge in [-0.3, -0.25) is 4.79 Å². The van der Waals surface area contributed by atoms with Gasteiger partial charge in [-0.1, -0.05) is 0 Å². The van der Waals surface area contributed by atoms with Crippen molar-refractivity contribution in [1.29, 1.82) is 0 Å². The number of esters is 1. The number of ether oxygens (including phenoxy) is 1. The maximum absolute atomic E-state index is 10.7. The molecule has 9 heavy (non-hydrogen) atoms. The number of hydrogen-bond acceptors (Lipinski definition) is 3. The van der Waals surface area contributed by atoms with E-state index >= 15 is 0 Å². The van der Waals surface area contributed by atoms with Crippen LogP contribution in [-0.2, 0) is 9.53 Å². The topological polar surface area (TPSA) is 52.3 Å². The highest BCUT2D eigenvalue weighted by molar-refractivity contribution is 6.22. The second kappa shape index (κ2) is 4.52. The van der Waals surface area contributed by atoms with Gasteiger partial charge in [-0.2, -0.15) is 0 Å². The van der Waals surface area contributed by atoms with Crippen molar-refractivity contribution in [1.82, 2.24) is 0 Å². The molecule has 4 heteroatoms. The van der Waals surface area contributed by atoms with E-state index in [1.165, 1.54) is 7.11 Å². The molecule has 2 N–H and O–H groups in total. The van der Waals surface area contributed by atoms with Crippen molar-refractivity contribution in [3.05, 3.63) is 0 Å². The van der Waals surface area contributed by atoms with E-state index in [1.54, 1.807) is 0 Å². The summed E-state index contributed by atoms with van der Waals surface area (Å²) in [5.41, 5.74) is 5.32. The molecule has 0 radical (unpaired) electrons. The molecule has 0 saturated heterocycles. The first-order valence-corrected chi connectivity index (χ1v) is 4.15. The normalized spacial score (nSPS) is 13.1. The third kappa shape index (κ3) is 3.26. The molecule has 0 aromatic carbocycles. The smallest absolute Gasteiger partial charge is 0.304 e. The predicted molar refractivity (Wildman–Crippen MR) is 39.4 cm³/mol. The van der Waals surface area contributed by atoms with Gasteiger partial charge in [0.15, 0.2) is 0 Å². The van der Waals surface area contributed by atoms with E-state index in [9.17, 15) is 4.79 Å². The molecule has 0 fully saturated rings. The summed E-state index contributed by atoms with van der Waals surface area (Å²) in [6.45, 7) is 0.573. The second-order valence-corrected chi connectivity index (χ2v) is 3.40. The molecule has 0 aliphatic carbocycles. The molecule has 0 aliphatic heterocycles. The van der Waals surface area contributed by atoms with E-state index < -0.39 is 0 Å². The van der Waals surface area contributed by atoms with Gasteiger partial charge < -0.3 is 10.5 Å². The highest BCUT2D eigenvalue weighted by Gasteiger charge is 2.10. The molecule has 1 atom stereocenters. The molecule has 54 valence electrons. The zero-order valence-electron chi connectivity index (χ0n) is 5.89. The Labute approximate surface area is 58.0 Å². The Balaban J connectivity index is 3.45. The lowest BCUT2D eigenvalue weighted by Gasteiger charge is -2.05. The lowest BCUT2D eigenvalue weighted by atomic mass is 10.3. The van der Waals surface area contributed by atoms with Crippen molar-refractivity contribution in [3.8, 4) is 0 Å². The molecule has 0 spiro atoms. The third-order valence-electron chi connectivity index (χ3n) is 1.20. The lowest BCUT2D eigenvalue weighted by Crippen LogP contribution is -2.14. The van der Waals surface area contributed by atoms with Gasteiger partial charge in [0.05, 0.1) is 7.11 Å². The van der Waals surface area contributed by atoms with E-state index in [-0.39, 0.29) is 11.5 Å². The van der Waals surface area contributed by atoms with Crippen molar-refractivity contribution in [2.75, 3.05) is 13.7 Å². The van der Waals surface area contributed by atoms with Crippen LogP contribution in [0.15, 0.2) is 0 Å². The summed E-state index contributed by atoms with van der Waals surface area (Å²) in [6.07, 6.45) is 0.763. The van der Waals surface area contributed by atoms with E-state index in [2.05, 4.69) is 4.74 Å². The fraction of sp³-hybridized carbons (Fsp3) is 0.800. The Morgan fingerprint density at radius 1 is 1.89 bits per heavy atom. The standard InChI is InChI=1S/C5H13NO2Si/c1-8-5(7)4(9)2-3-6/h4H,2-3,6H2,1,9H3. The fourth-order valence-corrected chi connectivity index (χ4v) is 1.14. The minimum atomic E-state index is -0.118. The molecule has 0 aromatic rings. The van der Waals surface area contributed by atoms with Crippen LogP contribution in [0, 0.1) is 0 Å². The van der Waals surface area contributed by atoms with Gasteiger partial charge in [0.25, 0.3) is 0 Å². The lowest BCUT2D eigenvalue weighted by molar-refractivity contribution is -0.140. The number of hydrogen-bond donors (Lipinski definition) is 1. The SMILES string of the molecule is COC(=O)C([SiH3])CCN. The van der Waals surface area contributed by atoms with Crippen LogP contribution in [0.4, 0.5) is 0 Å². The van der Waals surface area contributed by atoms with Crippen LogP contribution in [0.25, 0.3) is 0 Å². The van der Waals surface area contributed by atoms with Crippen molar-refractivity contribution >= 4 is 16.2 Å². The first-order valence-electron chi connectivity index (χ1n) is 3.00. The van der Waals surface area contributed by atoms with Gasteiger partial charge >= 0.3 is 5.97 Å². The van der Waals surface area contributed by atoms with Crippen molar-refractivity contribution in [3.63, 3.8) is 0 Å². The molecule has 0 saturated carbocycles. The molecule has 0 heterocycles. The van der Waals surface area contributed by atoms with Crippen LogP contribution in [0.5, 0.6) is 0 Å². The summed E-state index contributed by atoms with van der Waals surface area (Å²) in [5, 5.41) is 0. The van der Waals surface area contributed by atoms with Gasteiger partial charge in [-0.25, -0.2) is 0 Å². The van der Waals surface area contributed by atoms with Gasteiger partial charge in [-0.05, 0) is 13.0 Å². The minimum absolute atomic E-state index is 0.0833. The first kappa shape index (κ1) is 8.65. The molecule has 0 bridgehead atoms. The number of nitrogens with two attached hydrogens (primary N) is 1. The highest BCUT2D eigenvalue weighted by Crippen LogP contribution is 2.04. The number of carbonyl (C=O) groups excluding carboxylic acids is 1. The zero-order chi connectivity index (χ0) is 7.28. The van der Waals surface area contributed by atoms with Gasteiger partial charge in [0.1, 0.15) is 0 Å². The highest BCUT2D eigenvalue weighted by atomic mass is 28.1. The Morgan fingerprint density at radius 3 is 2.78 bits per heavy atom. The van der Waals surface area contributed by atoms with Gasteiger partial charge in [-0.15, -0.1) is 0 Å². The van der Waals surface area contributed by atoms with E-state index in [0.29, 0.717) is 6.54 Å². The maximum Gasteiger partial charge on any atom is 0.304 e. The molecule has 0 aromatic heterocycles. The number of carbonyl (C=O) groups is 1. The second-order valence-electron chi connectivity index (χ2n) is 2.00. The van der Waals surface area contributed by atoms with E-state index in [0.717, 1.165) is 16.7 Å². The Kier molecular flexibility index (Phi) is 4.34. The Bertz CT molecular complexity index is 97.0. The fourth-order valence-electron chi connectivity index (χ4n) is 0.569. The van der Waals surface area contributed by atoms with Crippen molar-refractivity contribution in [2.45, 2.75) is 12.0 Å². The molecular formula is C5H13NO2Si. The van der Waals surface area contributed by atoms with E-state index in [1.807, 2.05) is 0 Å². The van der Waals surface area contributed by atoms with Crippen molar-refractivity contribution < 1.29 is 9.53 Å². The molecule has 1 unspecified atom stereocenters. The summed E-state index contributed by atoms with van der Waals surface area (Å²) in [7, 11) is 2.24. The maximum atomic E-state index is 10.7. The number of methoxy groups -OCH3 is 1. The molecule has 0 rings (SSSR count). The summed E-state index contributed by atoms with van der Waals surface area (Å²) >= 11 is 0. The van der Waals surface area contributed by atoms with Crippen LogP contribution in [0.3, 0.4) is 0 Å². The first-order chi connectivity index (χ1) is 4.22. The number of rotatable bonds is 3. The largest absolute Gasteiger partial charge is 0.469 e. The monoisotopic (exact) mass is 147 g/mol. The van der Waals surface area contributed by atoms with Crippen LogP contribution >= 0.6 is 0 Å². The molecule has 3 nitrogen and oxygen atoms in total. The zero-order valence-corrected chi connectivity index (χ0v) is 7.89. The molecule has 0 aliphatic rings. The van der Waals surface area contributed by atoms with Gasteiger partial charge in [0.2, 0.25) is 0 Å². The summed E-state index contributed by atoms with van der Waals surface area (Å²) in [5.74, 6) is -0.118. The van der Waals surface area contributed by atoms with Crippen LogP contribution in [0.2, 0.25) is 5.54 Å². The van der Waals surface area contributed by atoms with Crippen LogP contribution in [0.1, 0.15) is 6.42 Å². The average Bonchev–Trinajstić information content (AvgIpc) is 1.87. The van der Waals surface area contributed by atoms with E-state index in [4.69, 9.17) is 5.73 Å².